The Labute approximate surface area is 178 Å². The molecule has 0 aliphatic rings. The molecule has 0 spiro atoms. The van der Waals surface area contributed by atoms with Crippen molar-refractivity contribution in [3.05, 3.63) is 59.4 Å². The van der Waals surface area contributed by atoms with E-state index in [0.717, 1.165) is 29.2 Å². The van der Waals surface area contributed by atoms with E-state index >= 15 is 0 Å². The number of aryl methyl sites for hydroxylation is 1. The molecule has 8 heteroatoms. The molecule has 1 aromatic carbocycles. The van der Waals surface area contributed by atoms with Crippen molar-refractivity contribution in [3.8, 4) is 16.3 Å². The van der Waals surface area contributed by atoms with Crippen LogP contribution in [0, 0.1) is 0 Å². The van der Waals surface area contributed by atoms with Crippen molar-refractivity contribution in [1.82, 2.24) is 14.5 Å². The SMILES string of the molecule is CCOc1cc(-c2cc(NCCc3cccc4c3ccn4C)ncn2)sc1C(=O)O. The molecule has 4 rings (SSSR count). The van der Waals surface area contributed by atoms with Crippen LogP contribution in [0.25, 0.3) is 21.5 Å². The molecule has 3 heterocycles. The van der Waals surface area contributed by atoms with Gasteiger partial charge in [-0.1, -0.05) is 12.1 Å². The zero-order chi connectivity index (χ0) is 21.1. The fourth-order valence-corrected chi connectivity index (χ4v) is 4.32. The molecule has 0 atom stereocenters. The summed E-state index contributed by atoms with van der Waals surface area (Å²) >= 11 is 1.15. The Kier molecular flexibility index (Phi) is 5.67. The number of nitrogens with one attached hydrogen (secondary N) is 1. The number of aromatic nitrogens is 3. The number of carboxylic acids is 1. The third kappa shape index (κ3) is 3.99. The van der Waals surface area contributed by atoms with Gasteiger partial charge in [-0.2, -0.15) is 0 Å². The Morgan fingerprint density at radius 3 is 2.93 bits per heavy atom. The molecule has 3 aromatic heterocycles. The van der Waals surface area contributed by atoms with E-state index < -0.39 is 5.97 Å². The van der Waals surface area contributed by atoms with Gasteiger partial charge >= 0.3 is 5.97 Å². The van der Waals surface area contributed by atoms with E-state index in [1.807, 2.05) is 20.0 Å². The van der Waals surface area contributed by atoms with Crippen molar-refractivity contribution < 1.29 is 14.6 Å². The van der Waals surface area contributed by atoms with Gasteiger partial charge in [0, 0.05) is 42.8 Å². The number of aromatic carboxylic acids is 1. The van der Waals surface area contributed by atoms with Crippen LogP contribution in [-0.2, 0) is 13.5 Å². The summed E-state index contributed by atoms with van der Waals surface area (Å²) in [5.74, 6) is 0.0646. The molecule has 7 nitrogen and oxygen atoms in total. The zero-order valence-corrected chi connectivity index (χ0v) is 17.6. The van der Waals surface area contributed by atoms with Crippen LogP contribution in [0.15, 0.2) is 48.9 Å². The van der Waals surface area contributed by atoms with Crippen LogP contribution in [0.3, 0.4) is 0 Å². The summed E-state index contributed by atoms with van der Waals surface area (Å²) in [5, 5.41) is 14.0. The summed E-state index contributed by atoms with van der Waals surface area (Å²) < 4.78 is 7.57. The van der Waals surface area contributed by atoms with Crippen molar-refractivity contribution in [2.75, 3.05) is 18.5 Å². The Bertz CT molecular complexity index is 1200. The van der Waals surface area contributed by atoms with E-state index in [0.29, 0.717) is 23.9 Å². The van der Waals surface area contributed by atoms with Gasteiger partial charge in [0.1, 0.15) is 17.9 Å². The smallest absolute Gasteiger partial charge is 0.349 e. The first-order valence-corrected chi connectivity index (χ1v) is 10.5. The number of fused-ring (bicyclic) bond motifs is 1. The molecule has 0 radical (unpaired) electrons. The summed E-state index contributed by atoms with van der Waals surface area (Å²) in [5.41, 5.74) is 3.16. The van der Waals surface area contributed by atoms with Crippen molar-refractivity contribution in [2.24, 2.45) is 7.05 Å². The van der Waals surface area contributed by atoms with E-state index in [4.69, 9.17) is 4.74 Å². The van der Waals surface area contributed by atoms with E-state index in [-0.39, 0.29) is 4.88 Å². The zero-order valence-electron chi connectivity index (χ0n) is 16.8. The Hall–Kier alpha value is -3.39. The standard InChI is InChI=1S/C22H22N4O3S/c1-3-29-18-12-19(30-21(18)22(27)28)16-11-20(25-13-24-16)23-9-7-14-5-4-6-17-15(14)8-10-26(17)2/h4-6,8,10-13H,3,7,9H2,1-2H3,(H,27,28)(H,23,24,25). The molecule has 0 unspecified atom stereocenters. The van der Waals surface area contributed by atoms with Gasteiger partial charge < -0.3 is 19.7 Å². The van der Waals surface area contributed by atoms with E-state index in [9.17, 15) is 9.90 Å². The number of nitrogens with zero attached hydrogens (tertiary/aromatic N) is 3. The largest absolute Gasteiger partial charge is 0.492 e. The Morgan fingerprint density at radius 1 is 1.27 bits per heavy atom. The van der Waals surface area contributed by atoms with Gasteiger partial charge in [-0.3, -0.25) is 0 Å². The summed E-state index contributed by atoms with van der Waals surface area (Å²) in [4.78, 5) is 21.0. The number of ether oxygens (including phenoxy) is 1. The molecular formula is C22H22N4O3S. The van der Waals surface area contributed by atoms with Crippen molar-refractivity contribution in [2.45, 2.75) is 13.3 Å². The first-order valence-electron chi connectivity index (χ1n) is 9.66. The molecule has 0 aliphatic carbocycles. The average molecular weight is 423 g/mol. The van der Waals surface area contributed by atoms with Crippen molar-refractivity contribution in [1.29, 1.82) is 0 Å². The molecule has 4 aromatic rings. The highest BCUT2D eigenvalue weighted by atomic mass is 32.1. The predicted molar refractivity (Wildman–Crippen MR) is 119 cm³/mol. The molecule has 0 saturated carbocycles. The monoisotopic (exact) mass is 422 g/mol. The van der Waals surface area contributed by atoms with E-state index in [1.54, 1.807) is 6.07 Å². The molecular weight excluding hydrogens is 400 g/mol. The van der Waals surface area contributed by atoms with Gasteiger partial charge in [-0.15, -0.1) is 11.3 Å². The lowest BCUT2D eigenvalue weighted by Crippen LogP contribution is -2.07. The first kappa shape index (κ1) is 19.9. The van der Waals surface area contributed by atoms with Crippen LogP contribution in [0.2, 0.25) is 0 Å². The van der Waals surface area contributed by atoms with Crippen LogP contribution in [-0.4, -0.2) is 38.8 Å². The highest BCUT2D eigenvalue weighted by Gasteiger charge is 2.18. The number of thiophene rings is 1. The fourth-order valence-electron chi connectivity index (χ4n) is 3.41. The van der Waals surface area contributed by atoms with E-state index in [2.05, 4.69) is 50.3 Å². The van der Waals surface area contributed by atoms with Crippen LogP contribution in [0.5, 0.6) is 5.75 Å². The molecule has 0 bridgehead atoms. The third-order valence-electron chi connectivity index (χ3n) is 4.83. The number of hydrogen-bond donors (Lipinski definition) is 2. The number of anilines is 1. The molecule has 2 N–H and O–H groups in total. The molecule has 0 aliphatic heterocycles. The summed E-state index contributed by atoms with van der Waals surface area (Å²) in [6.07, 6.45) is 4.41. The molecule has 0 saturated heterocycles. The Morgan fingerprint density at radius 2 is 2.13 bits per heavy atom. The van der Waals surface area contributed by atoms with Gasteiger partial charge in [0.2, 0.25) is 0 Å². The predicted octanol–water partition coefficient (Wildman–Crippen LogP) is 4.45. The maximum atomic E-state index is 11.5. The third-order valence-corrected chi connectivity index (χ3v) is 5.96. The lowest BCUT2D eigenvalue weighted by Gasteiger charge is -2.08. The van der Waals surface area contributed by atoms with Crippen LogP contribution >= 0.6 is 11.3 Å². The minimum atomic E-state index is -1.00. The van der Waals surface area contributed by atoms with Crippen molar-refractivity contribution in [3.63, 3.8) is 0 Å². The van der Waals surface area contributed by atoms with Crippen molar-refractivity contribution >= 4 is 34.0 Å². The first-order chi connectivity index (χ1) is 14.6. The fraction of sp³-hybridized carbons (Fsp3) is 0.227. The Balaban J connectivity index is 1.49. The topological polar surface area (TPSA) is 89.3 Å². The summed E-state index contributed by atoms with van der Waals surface area (Å²) in [6, 6.07) is 12.0. The lowest BCUT2D eigenvalue weighted by molar-refractivity contribution is 0.0698. The number of rotatable bonds is 8. The molecule has 30 heavy (non-hydrogen) atoms. The second kappa shape index (κ2) is 8.54. The number of benzene rings is 1. The normalized spacial score (nSPS) is 11.0. The van der Waals surface area contributed by atoms with Gasteiger partial charge in [0.05, 0.1) is 17.2 Å². The summed E-state index contributed by atoms with van der Waals surface area (Å²) in [7, 11) is 2.05. The van der Waals surface area contributed by atoms with Crippen LogP contribution < -0.4 is 10.1 Å². The van der Waals surface area contributed by atoms with Gasteiger partial charge in [0.15, 0.2) is 4.88 Å². The maximum absolute atomic E-state index is 11.5. The maximum Gasteiger partial charge on any atom is 0.349 e. The number of hydrogen-bond acceptors (Lipinski definition) is 6. The highest BCUT2D eigenvalue weighted by Crippen LogP contribution is 2.36. The molecule has 0 fully saturated rings. The van der Waals surface area contributed by atoms with E-state index in [1.165, 1.54) is 22.8 Å². The quantitative estimate of drug-likeness (QED) is 0.436. The minimum absolute atomic E-state index is 0.177. The second-order valence-electron chi connectivity index (χ2n) is 6.78. The van der Waals surface area contributed by atoms with Gasteiger partial charge in [0.25, 0.3) is 0 Å². The van der Waals surface area contributed by atoms with Crippen LogP contribution in [0.1, 0.15) is 22.2 Å². The number of carbonyl (C=O) groups is 1. The van der Waals surface area contributed by atoms with Gasteiger partial charge in [-0.25, -0.2) is 14.8 Å². The molecule has 0 amide bonds. The van der Waals surface area contributed by atoms with Crippen LogP contribution in [0.4, 0.5) is 5.82 Å². The highest BCUT2D eigenvalue weighted by molar-refractivity contribution is 7.17. The van der Waals surface area contributed by atoms with Gasteiger partial charge in [-0.05, 0) is 31.0 Å². The number of carboxylic acid groups (broad SMARTS) is 1. The lowest BCUT2D eigenvalue weighted by atomic mass is 10.1. The molecule has 154 valence electrons. The second-order valence-corrected chi connectivity index (χ2v) is 7.84. The average Bonchev–Trinajstić information content (AvgIpc) is 3.33. The minimum Gasteiger partial charge on any atom is -0.492 e. The summed E-state index contributed by atoms with van der Waals surface area (Å²) in [6.45, 7) is 2.95.